The van der Waals surface area contributed by atoms with Crippen LogP contribution < -0.4 is 24.3 Å². The summed E-state index contributed by atoms with van der Waals surface area (Å²) in [5.74, 6) is -1.16. The van der Waals surface area contributed by atoms with Crippen LogP contribution in [0.1, 0.15) is 45.7 Å². The fourth-order valence-corrected chi connectivity index (χ4v) is 7.86. The fourth-order valence-electron chi connectivity index (χ4n) is 6.92. The van der Waals surface area contributed by atoms with Crippen molar-refractivity contribution < 1.29 is 33.4 Å². The predicted molar refractivity (Wildman–Crippen MR) is 247 cm³/mol. The van der Waals surface area contributed by atoms with E-state index in [1.807, 2.05) is 96.3 Å². The first kappa shape index (κ1) is 45.6. The van der Waals surface area contributed by atoms with Gasteiger partial charge in [0.05, 0.1) is 58.9 Å². The molecular formula is C46H46Cl4N4O7. The van der Waals surface area contributed by atoms with Crippen LogP contribution in [0, 0.1) is 0 Å². The van der Waals surface area contributed by atoms with Crippen LogP contribution in [-0.4, -0.2) is 103 Å². The van der Waals surface area contributed by atoms with Crippen molar-refractivity contribution in [1.82, 2.24) is 0 Å². The first-order chi connectivity index (χ1) is 29.0. The second-order valence-corrected chi connectivity index (χ2v) is 16.6. The first-order valence-electron chi connectivity index (χ1n) is 19.5. The normalized spacial score (nSPS) is 16.9. The van der Waals surface area contributed by atoms with Crippen molar-refractivity contribution in [2.75, 3.05) is 87.2 Å². The Labute approximate surface area is 375 Å². The lowest BCUT2D eigenvalue weighted by atomic mass is 10.0. The number of anilines is 4. The third-order valence-corrected chi connectivity index (χ3v) is 12.1. The Kier molecular flexibility index (Phi) is 14.9. The van der Waals surface area contributed by atoms with Crippen molar-refractivity contribution in [2.45, 2.75) is 26.1 Å². The molecule has 11 nitrogen and oxygen atoms in total. The molecule has 0 amide bonds. The SMILES string of the molecule is CC(=O)C1CN(c2cc(Oc3cc(N4CCOC(C(C)=O)C4)c(C(=O)/C=C/c4ccc(N(C)C)cc4)c(Cl)c3Cl)c(Cl)c(Cl)c2C(=O)/C=C/c2ccc(N(C)C)cc2)CCO1. The van der Waals surface area contributed by atoms with Gasteiger partial charge < -0.3 is 33.8 Å². The van der Waals surface area contributed by atoms with Crippen LogP contribution in [0.15, 0.2) is 72.8 Å². The Bertz CT molecular complexity index is 2220. The van der Waals surface area contributed by atoms with E-state index in [-0.39, 0.29) is 80.6 Å². The summed E-state index contributed by atoms with van der Waals surface area (Å²) >= 11 is 27.9. The Morgan fingerprint density at radius 2 is 0.967 bits per heavy atom. The van der Waals surface area contributed by atoms with Gasteiger partial charge in [0.15, 0.2) is 23.1 Å². The second-order valence-electron chi connectivity index (χ2n) is 15.1. The third kappa shape index (κ3) is 10.6. The van der Waals surface area contributed by atoms with Gasteiger partial charge in [-0.2, -0.15) is 0 Å². The van der Waals surface area contributed by atoms with E-state index in [4.69, 9.17) is 60.6 Å². The predicted octanol–water partition coefficient (Wildman–Crippen LogP) is 9.61. The number of carbonyl (C=O) groups excluding carboxylic acids is 4. The van der Waals surface area contributed by atoms with Crippen LogP contribution in [0.3, 0.4) is 0 Å². The molecule has 2 unspecified atom stereocenters. The minimum absolute atomic E-state index is 0.0278. The summed E-state index contributed by atoms with van der Waals surface area (Å²) in [5.41, 5.74) is 4.49. The van der Waals surface area contributed by atoms with Crippen molar-refractivity contribution in [3.05, 3.63) is 115 Å². The number of halogens is 4. The molecule has 61 heavy (non-hydrogen) atoms. The molecular weight excluding hydrogens is 862 g/mol. The van der Waals surface area contributed by atoms with E-state index in [9.17, 15) is 19.2 Å². The monoisotopic (exact) mass is 906 g/mol. The first-order valence-corrected chi connectivity index (χ1v) is 21.0. The molecule has 0 radical (unpaired) electrons. The number of morpholine rings is 2. The highest BCUT2D eigenvalue weighted by Crippen LogP contribution is 2.48. The Balaban J connectivity index is 1.42. The van der Waals surface area contributed by atoms with Crippen LogP contribution >= 0.6 is 46.4 Å². The molecule has 2 heterocycles. The van der Waals surface area contributed by atoms with E-state index in [1.165, 1.54) is 26.0 Å². The fraction of sp³-hybridized carbons (Fsp3) is 0.304. The lowest BCUT2D eigenvalue weighted by Crippen LogP contribution is -2.46. The summed E-state index contributed by atoms with van der Waals surface area (Å²) in [7, 11) is 7.76. The topological polar surface area (TPSA) is 109 Å². The average Bonchev–Trinajstić information content (AvgIpc) is 3.25. The summed E-state index contributed by atoms with van der Waals surface area (Å²) in [4.78, 5) is 60.7. The second kappa shape index (κ2) is 19.9. The van der Waals surface area contributed by atoms with Gasteiger partial charge in [0.1, 0.15) is 33.8 Å². The molecule has 2 aliphatic heterocycles. The van der Waals surface area contributed by atoms with E-state index in [0.29, 0.717) is 24.5 Å². The van der Waals surface area contributed by atoms with Crippen molar-refractivity contribution in [2.24, 2.45) is 0 Å². The molecule has 320 valence electrons. The quantitative estimate of drug-likeness (QED) is 0.0892. The smallest absolute Gasteiger partial charge is 0.189 e. The number of Topliss-reactive ketones (excluding diaryl/α,β-unsaturated/α-hetero) is 2. The van der Waals surface area contributed by atoms with Gasteiger partial charge in [-0.25, -0.2) is 0 Å². The molecule has 2 fully saturated rings. The largest absolute Gasteiger partial charge is 0.454 e. The zero-order chi connectivity index (χ0) is 44.1. The zero-order valence-corrected chi connectivity index (χ0v) is 37.7. The van der Waals surface area contributed by atoms with Crippen LogP contribution in [0.2, 0.25) is 20.1 Å². The molecule has 15 heteroatoms. The highest BCUT2D eigenvalue weighted by Gasteiger charge is 2.32. The van der Waals surface area contributed by atoms with Crippen LogP contribution in [0.5, 0.6) is 11.5 Å². The minimum atomic E-state index is -0.749. The van der Waals surface area contributed by atoms with E-state index in [1.54, 1.807) is 24.3 Å². The van der Waals surface area contributed by atoms with Crippen LogP contribution in [0.25, 0.3) is 12.2 Å². The minimum Gasteiger partial charge on any atom is -0.454 e. The van der Waals surface area contributed by atoms with Crippen molar-refractivity contribution in [3.63, 3.8) is 0 Å². The van der Waals surface area contributed by atoms with Crippen LogP contribution in [-0.2, 0) is 19.1 Å². The van der Waals surface area contributed by atoms with Gasteiger partial charge in [-0.3, -0.25) is 19.2 Å². The molecule has 6 rings (SSSR count). The molecule has 0 aliphatic carbocycles. The van der Waals surface area contributed by atoms with Gasteiger partial charge in [0, 0.05) is 64.8 Å². The number of nitrogens with zero attached hydrogens (tertiary/aromatic N) is 4. The molecule has 0 aromatic heterocycles. The molecule has 4 aromatic carbocycles. The van der Waals surface area contributed by atoms with Crippen LogP contribution in [0.4, 0.5) is 22.7 Å². The van der Waals surface area contributed by atoms with Gasteiger partial charge >= 0.3 is 0 Å². The Morgan fingerprint density at radius 1 is 0.607 bits per heavy atom. The number of carbonyl (C=O) groups is 4. The number of allylic oxidation sites excluding steroid dienone is 2. The number of benzene rings is 4. The summed E-state index contributed by atoms with van der Waals surface area (Å²) in [5, 5.41) is -0.357. The maximum atomic E-state index is 14.1. The van der Waals surface area contributed by atoms with Gasteiger partial charge in [-0.05, 0) is 61.4 Å². The molecule has 2 atom stereocenters. The van der Waals surface area contributed by atoms with E-state index in [0.717, 1.165) is 22.5 Å². The van der Waals surface area contributed by atoms with E-state index < -0.39 is 23.8 Å². The molecule has 4 aromatic rings. The van der Waals surface area contributed by atoms with Crippen molar-refractivity contribution in [1.29, 1.82) is 0 Å². The number of hydrogen-bond donors (Lipinski definition) is 0. The van der Waals surface area contributed by atoms with Gasteiger partial charge in [-0.15, -0.1) is 0 Å². The summed E-state index contributed by atoms with van der Waals surface area (Å²) in [6.07, 6.45) is 4.70. The molecule has 0 spiro atoms. The maximum absolute atomic E-state index is 14.1. The number of rotatable bonds is 14. The highest BCUT2D eigenvalue weighted by molar-refractivity contribution is 6.47. The summed E-state index contributed by atoms with van der Waals surface area (Å²) < 4.78 is 17.9. The lowest BCUT2D eigenvalue weighted by molar-refractivity contribution is -0.129. The number of ether oxygens (including phenoxy) is 3. The maximum Gasteiger partial charge on any atom is 0.189 e. The third-order valence-electron chi connectivity index (χ3n) is 10.4. The van der Waals surface area contributed by atoms with Crippen molar-refractivity contribution >= 4 is 104 Å². The Hall–Kier alpha value is -4.88. The lowest BCUT2D eigenvalue weighted by Gasteiger charge is -2.35. The standard InChI is InChI=1S/C46H46Cl4N4O7/c1-27(55)39-25-53(19-21-59-39)33-23-37(43(47)45(49)41(33)35(57)17-11-29-7-13-31(14-8-29)51(3)4)61-38-24-34(54-20-22-60-40(26-54)28(2)56)42(46(50)44(38)48)36(58)18-12-30-9-15-32(16-10-30)52(5)6/h7-18,23-24,39-40H,19-22,25-26H2,1-6H3/b17-11+,18-12+. The van der Waals surface area contributed by atoms with E-state index in [2.05, 4.69) is 0 Å². The molecule has 0 saturated carbocycles. The summed E-state index contributed by atoms with van der Waals surface area (Å²) in [6, 6.07) is 18.5. The van der Waals surface area contributed by atoms with E-state index >= 15 is 0 Å². The molecule has 2 saturated heterocycles. The number of ketones is 4. The summed E-state index contributed by atoms with van der Waals surface area (Å²) in [6.45, 7) is 4.22. The van der Waals surface area contributed by atoms with Crippen molar-refractivity contribution in [3.8, 4) is 11.5 Å². The molecule has 0 bridgehead atoms. The number of hydrogen-bond acceptors (Lipinski definition) is 11. The highest BCUT2D eigenvalue weighted by atomic mass is 35.5. The molecule has 0 N–H and O–H groups in total. The van der Waals surface area contributed by atoms with Gasteiger partial charge in [0.2, 0.25) is 0 Å². The molecule has 2 aliphatic rings. The van der Waals surface area contributed by atoms with Gasteiger partial charge in [-0.1, -0.05) is 82.8 Å². The zero-order valence-electron chi connectivity index (χ0n) is 34.6. The average molecular weight is 909 g/mol. The Morgan fingerprint density at radius 3 is 1.30 bits per heavy atom. The van der Waals surface area contributed by atoms with Gasteiger partial charge in [0.25, 0.3) is 0 Å².